The smallest absolute Gasteiger partial charge is 0.0234 e. The summed E-state index contributed by atoms with van der Waals surface area (Å²) in [7, 11) is 0. The lowest BCUT2D eigenvalue weighted by Crippen LogP contribution is -2.42. The number of nitrogens with zero attached hydrogens (tertiary/aromatic N) is 1. The molecule has 0 N–H and O–H groups in total. The predicted octanol–water partition coefficient (Wildman–Crippen LogP) is 0.582. The standard InChI is InChI=1S/C6H8NO/c1-2-3-6-4-5-7(6)8/h1,6H,3-5H2/q-1. The van der Waals surface area contributed by atoms with Crippen LogP contribution in [0.5, 0.6) is 0 Å². The Bertz CT molecular complexity index is 116. The molecule has 1 saturated heterocycles. The normalized spacial score (nSPS) is 28.8. The van der Waals surface area contributed by atoms with Gasteiger partial charge < -0.3 is 10.3 Å². The third kappa shape index (κ3) is 0.835. The van der Waals surface area contributed by atoms with E-state index in [2.05, 4.69) is 5.92 Å². The van der Waals surface area contributed by atoms with Gasteiger partial charge >= 0.3 is 0 Å². The fourth-order valence-electron chi connectivity index (χ4n) is 0.757. The highest BCUT2D eigenvalue weighted by molar-refractivity contribution is 4.95. The van der Waals surface area contributed by atoms with Crippen molar-refractivity contribution < 1.29 is 0 Å². The first kappa shape index (κ1) is 5.61. The highest BCUT2D eigenvalue weighted by atomic mass is 16.5. The van der Waals surface area contributed by atoms with E-state index >= 15 is 0 Å². The number of hydroxylamine groups is 2. The van der Waals surface area contributed by atoms with E-state index < -0.39 is 0 Å². The first-order valence-electron chi connectivity index (χ1n) is 2.72. The monoisotopic (exact) mass is 110 g/mol. The molecule has 1 fully saturated rings. The molecule has 0 bridgehead atoms. The van der Waals surface area contributed by atoms with Crippen LogP contribution >= 0.6 is 0 Å². The molecular formula is C6H8NO-. The molecule has 0 aliphatic carbocycles. The number of hydrogen-bond acceptors (Lipinski definition) is 2. The van der Waals surface area contributed by atoms with Crippen LogP contribution in [0.2, 0.25) is 0 Å². The van der Waals surface area contributed by atoms with Gasteiger partial charge in [-0.25, -0.2) is 0 Å². The second kappa shape index (κ2) is 2.17. The van der Waals surface area contributed by atoms with Gasteiger partial charge in [-0.2, -0.15) is 0 Å². The van der Waals surface area contributed by atoms with Crippen LogP contribution in [0.4, 0.5) is 0 Å². The molecule has 2 nitrogen and oxygen atoms in total. The van der Waals surface area contributed by atoms with E-state index in [1.165, 1.54) is 0 Å². The molecule has 0 aromatic rings. The summed E-state index contributed by atoms with van der Waals surface area (Å²) >= 11 is 0. The lowest BCUT2D eigenvalue weighted by molar-refractivity contribution is 0.160. The van der Waals surface area contributed by atoms with Gasteiger partial charge in [-0.1, -0.05) is 0 Å². The van der Waals surface area contributed by atoms with Crippen molar-refractivity contribution in [3.05, 3.63) is 5.21 Å². The van der Waals surface area contributed by atoms with Crippen molar-refractivity contribution in [1.82, 2.24) is 5.06 Å². The van der Waals surface area contributed by atoms with Crippen molar-refractivity contribution in [3.63, 3.8) is 0 Å². The van der Waals surface area contributed by atoms with Gasteiger partial charge in [0.15, 0.2) is 0 Å². The lowest BCUT2D eigenvalue weighted by atomic mass is 10.0. The first-order valence-corrected chi connectivity index (χ1v) is 2.72. The Morgan fingerprint density at radius 1 is 1.88 bits per heavy atom. The summed E-state index contributed by atoms with van der Waals surface area (Å²) in [6, 6.07) is 0.139. The molecule has 1 heterocycles. The molecule has 0 aromatic heterocycles. The fraction of sp³-hybridized carbons (Fsp3) is 0.667. The maximum atomic E-state index is 10.4. The Morgan fingerprint density at radius 2 is 2.62 bits per heavy atom. The Kier molecular flexibility index (Phi) is 1.52. The Morgan fingerprint density at radius 3 is 2.75 bits per heavy atom. The predicted molar refractivity (Wildman–Crippen MR) is 31.9 cm³/mol. The van der Waals surface area contributed by atoms with Gasteiger partial charge in [-0.3, -0.25) is 0 Å². The number of terminal acetylenes is 1. The minimum absolute atomic E-state index is 0.139. The Balaban J connectivity index is 2.19. The molecule has 1 rings (SSSR count). The van der Waals surface area contributed by atoms with Crippen LogP contribution in [-0.2, 0) is 0 Å². The number of hydrogen-bond donors (Lipinski definition) is 0. The summed E-state index contributed by atoms with van der Waals surface area (Å²) in [5, 5.41) is 11.5. The van der Waals surface area contributed by atoms with Gasteiger partial charge in [0.2, 0.25) is 0 Å². The molecule has 1 atom stereocenters. The van der Waals surface area contributed by atoms with Crippen molar-refractivity contribution in [2.45, 2.75) is 18.9 Å². The zero-order chi connectivity index (χ0) is 5.98. The minimum atomic E-state index is 0.139. The van der Waals surface area contributed by atoms with Crippen LogP contribution < -0.4 is 0 Å². The van der Waals surface area contributed by atoms with Crippen LogP contribution in [0.3, 0.4) is 0 Å². The van der Waals surface area contributed by atoms with E-state index in [1.807, 2.05) is 0 Å². The van der Waals surface area contributed by atoms with Crippen LogP contribution in [0.1, 0.15) is 12.8 Å². The summed E-state index contributed by atoms with van der Waals surface area (Å²) in [5.74, 6) is 2.46. The van der Waals surface area contributed by atoms with Crippen LogP contribution in [0.15, 0.2) is 0 Å². The molecule has 0 amide bonds. The van der Waals surface area contributed by atoms with Gasteiger partial charge in [0.25, 0.3) is 0 Å². The summed E-state index contributed by atoms with van der Waals surface area (Å²) in [6.07, 6.45) is 6.58. The molecular weight excluding hydrogens is 102 g/mol. The molecule has 2 heteroatoms. The SMILES string of the molecule is C#CCC1CCN1[O-]. The van der Waals surface area contributed by atoms with Crippen LogP contribution in [-0.4, -0.2) is 17.6 Å². The summed E-state index contributed by atoms with van der Waals surface area (Å²) in [4.78, 5) is 0. The Labute approximate surface area is 49.1 Å². The van der Waals surface area contributed by atoms with Crippen molar-refractivity contribution in [2.75, 3.05) is 6.54 Å². The topological polar surface area (TPSA) is 26.3 Å². The quantitative estimate of drug-likeness (QED) is 0.461. The van der Waals surface area contributed by atoms with E-state index in [1.54, 1.807) is 0 Å². The zero-order valence-electron chi connectivity index (χ0n) is 4.63. The third-order valence-corrected chi connectivity index (χ3v) is 1.44. The van der Waals surface area contributed by atoms with E-state index in [0.717, 1.165) is 11.5 Å². The number of rotatable bonds is 1. The first-order chi connectivity index (χ1) is 3.84. The average molecular weight is 110 g/mol. The van der Waals surface area contributed by atoms with E-state index in [4.69, 9.17) is 6.42 Å². The van der Waals surface area contributed by atoms with Gasteiger partial charge in [-0.15, -0.1) is 12.3 Å². The van der Waals surface area contributed by atoms with Gasteiger partial charge in [0, 0.05) is 12.5 Å². The van der Waals surface area contributed by atoms with E-state index in [0.29, 0.717) is 13.0 Å². The molecule has 0 radical (unpaired) electrons. The van der Waals surface area contributed by atoms with E-state index in [-0.39, 0.29) is 6.04 Å². The molecule has 8 heavy (non-hydrogen) atoms. The van der Waals surface area contributed by atoms with Gasteiger partial charge in [0.1, 0.15) is 0 Å². The third-order valence-electron chi connectivity index (χ3n) is 1.44. The molecule has 44 valence electrons. The molecule has 1 unspecified atom stereocenters. The molecule has 0 aromatic carbocycles. The van der Waals surface area contributed by atoms with Crippen LogP contribution in [0, 0.1) is 17.6 Å². The van der Waals surface area contributed by atoms with Gasteiger partial charge in [-0.05, 0) is 13.0 Å². The largest absolute Gasteiger partial charge is 0.785 e. The molecule has 1 aliphatic heterocycles. The highest BCUT2D eigenvalue weighted by Gasteiger charge is 2.17. The highest BCUT2D eigenvalue weighted by Crippen LogP contribution is 2.17. The second-order valence-corrected chi connectivity index (χ2v) is 1.99. The van der Waals surface area contributed by atoms with E-state index in [9.17, 15) is 5.21 Å². The Hall–Kier alpha value is -0.520. The molecule has 0 spiro atoms. The van der Waals surface area contributed by atoms with Gasteiger partial charge in [0.05, 0.1) is 0 Å². The second-order valence-electron chi connectivity index (χ2n) is 1.99. The van der Waals surface area contributed by atoms with Crippen molar-refractivity contribution >= 4 is 0 Å². The maximum Gasteiger partial charge on any atom is 0.0234 e. The fourth-order valence-corrected chi connectivity index (χ4v) is 0.757. The van der Waals surface area contributed by atoms with Crippen molar-refractivity contribution in [1.29, 1.82) is 0 Å². The summed E-state index contributed by atoms with van der Waals surface area (Å²) in [5.41, 5.74) is 0. The maximum absolute atomic E-state index is 10.4. The van der Waals surface area contributed by atoms with Crippen LogP contribution in [0.25, 0.3) is 0 Å². The van der Waals surface area contributed by atoms with Crippen molar-refractivity contribution in [3.8, 4) is 12.3 Å². The lowest BCUT2D eigenvalue weighted by Gasteiger charge is -2.45. The average Bonchev–Trinajstić information content (AvgIpc) is 1.79. The molecule has 1 aliphatic rings. The zero-order valence-corrected chi connectivity index (χ0v) is 4.63. The van der Waals surface area contributed by atoms with Crippen molar-refractivity contribution in [2.24, 2.45) is 0 Å². The minimum Gasteiger partial charge on any atom is -0.785 e. The molecule has 0 saturated carbocycles. The summed E-state index contributed by atoms with van der Waals surface area (Å²) < 4.78 is 0. The summed E-state index contributed by atoms with van der Waals surface area (Å²) in [6.45, 7) is 0.673.